The van der Waals surface area contributed by atoms with E-state index in [-0.39, 0.29) is 17.7 Å². The number of aliphatic hydroxyl groups excluding tert-OH is 2. The molecule has 4 rings (SSSR count). The van der Waals surface area contributed by atoms with E-state index in [9.17, 15) is 15.0 Å². The molecule has 0 bridgehead atoms. The summed E-state index contributed by atoms with van der Waals surface area (Å²) in [5.41, 5.74) is 9.76. The van der Waals surface area contributed by atoms with Gasteiger partial charge in [-0.25, -0.2) is 10.4 Å². The van der Waals surface area contributed by atoms with Crippen molar-refractivity contribution in [3.05, 3.63) is 6.33 Å². The SMILES string of the molecule is CCC(=O)N[C@H]1C[C@@H](n2cnc3c(N)nc(NN=CC4CCCCC4)nc32)[C@H](O)[C@@H]1O. The quantitative estimate of drug-likeness (QED) is 0.334. The Bertz CT molecular complexity index is 955. The number of carbonyl (C=O) groups excluding carboxylic acids is 1. The number of hydrogen-bond acceptors (Lipinski definition) is 9. The van der Waals surface area contributed by atoms with Crippen LogP contribution in [0.5, 0.6) is 0 Å². The van der Waals surface area contributed by atoms with Crippen LogP contribution < -0.4 is 16.5 Å². The van der Waals surface area contributed by atoms with Crippen LogP contribution in [0.15, 0.2) is 11.4 Å². The molecular weight excluding hydrogens is 400 g/mol. The van der Waals surface area contributed by atoms with E-state index in [1.165, 1.54) is 25.6 Å². The lowest BCUT2D eigenvalue weighted by molar-refractivity contribution is -0.122. The highest BCUT2D eigenvalue weighted by Crippen LogP contribution is 2.34. The summed E-state index contributed by atoms with van der Waals surface area (Å²) in [5.74, 6) is 0.713. The normalized spacial score (nSPS) is 27.2. The van der Waals surface area contributed by atoms with Crippen molar-refractivity contribution in [1.29, 1.82) is 0 Å². The van der Waals surface area contributed by atoms with Crippen LogP contribution in [0, 0.1) is 5.92 Å². The summed E-state index contributed by atoms with van der Waals surface area (Å²) in [6.07, 6.45) is 7.89. The number of nitrogens with zero attached hydrogens (tertiary/aromatic N) is 5. The van der Waals surface area contributed by atoms with E-state index in [4.69, 9.17) is 5.73 Å². The van der Waals surface area contributed by atoms with Gasteiger partial charge in [0.1, 0.15) is 17.7 Å². The monoisotopic (exact) mass is 430 g/mol. The summed E-state index contributed by atoms with van der Waals surface area (Å²) in [4.78, 5) is 24.7. The molecule has 2 heterocycles. The van der Waals surface area contributed by atoms with Crippen molar-refractivity contribution < 1.29 is 15.0 Å². The zero-order valence-electron chi connectivity index (χ0n) is 17.6. The zero-order chi connectivity index (χ0) is 22.0. The Labute approximate surface area is 180 Å². The first-order chi connectivity index (χ1) is 15.0. The Morgan fingerprint density at radius 3 is 2.81 bits per heavy atom. The molecule has 2 fully saturated rings. The maximum atomic E-state index is 11.7. The van der Waals surface area contributed by atoms with Gasteiger partial charge >= 0.3 is 0 Å². The molecule has 2 aromatic rings. The van der Waals surface area contributed by atoms with Crippen molar-refractivity contribution in [2.24, 2.45) is 11.0 Å². The topological polar surface area (TPSA) is 164 Å². The summed E-state index contributed by atoms with van der Waals surface area (Å²) in [7, 11) is 0. The molecule has 2 aliphatic rings. The molecule has 31 heavy (non-hydrogen) atoms. The van der Waals surface area contributed by atoms with Gasteiger partial charge in [0.2, 0.25) is 11.9 Å². The first kappa shape index (κ1) is 21.4. The molecule has 0 aliphatic heterocycles. The maximum absolute atomic E-state index is 11.7. The lowest BCUT2D eigenvalue weighted by atomic mass is 9.90. The minimum atomic E-state index is -1.09. The van der Waals surface area contributed by atoms with Crippen LogP contribution >= 0.6 is 0 Å². The highest BCUT2D eigenvalue weighted by molar-refractivity contribution is 5.83. The predicted molar refractivity (Wildman–Crippen MR) is 116 cm³/mol. The van der Waals surface area contributed by atoms with E-state index in [1.54, 1.807) is 11.5 Å². The number of hydrogen-bond donors (Lipinski definition) is 5. The van der Waals surface area contributed by atoms with Gasteiger partial charge in [0, 0.05) is 12.6 Å². The minimum Gasteiger partial charge on any atom is -0.388 e. The van der Waals surface area contributed by atoms with E-state index in [0.29, 0.717) is 29.9 Å². The van der Waals surface area contributed by atoms with E-state index < -0.39 is 24.3 Å². The van der Waals surface area contributed by atoms with Gasteiger partial charge in [0.25, 0.3) is 0 Å². The Balaban J connectivity index is 1.54. The van der Waals surface area contributed by atoms with E-state index in [0.717, 1.165) is 12.8 Å². The van der Waals surface area contributed by atoms with Crippen LogP contribution in [0.4, 0.5) is 11.8 Å². The lowest BCUT2D eigenvalue weighted by Crippen LogP contribution is -2.42. The zero-order valence-corrected chi connectivity index (χ0v) is 17.6. The Hall–Kier alpha value is -2.79. The van der Waals surface area contributed by atoms with Crippen LogP contribution in [0.1, 0.15) is 57.9 Å². The fourth-order valence-corrected chi connectivity index (χ4v) is 4.45. The summed E-state index contributed by atoms with van der Waals surface area (Å²) in [6.45, 7) is 1.74. The van der Waals surface area contributed by atoms with E-state index in [2.05, 4.69) is 30.8 Å². The Morgan fingerprint density at radius 1 is 1.29 bits per heavy atom. The highest BCUT2D eigenvalue weighted by Gasteiger charge is 2.43. The number of fused-ring (bicyclic) bond motifs is 1. The highest BCUT2D eigenvalue weighted by atomic mass is 16.3. The molecule has 0 aromatic carbocycles. The first-order valence-electron chi connectivity index (χ1n) is 10.9. The number of nitrogens with two attached hydrogens (primary N) is 1. The van der Waals surface area contributed by atoms with Gasteiger partial charge in [-0.15, -0.1) is 0 Å². The molecule has 11 nitrogen and oxygen atoms in total. The van der Waals surface area contributed by atoms with Gasteiger partial charge in [0.05, 0.1) is 18.4 Å². The third kappa shape index (κ3) is 4.47. The smallest absolute Gasteiger partial charge is 0.247 e. The predicted octanol–water partition coefficient (Wildman–Crippen LogP) is 0.948. The van der Waals surface area contributed by atoms with Crippen LogP contribution in [0.2, 0.25) is 0 Å². The molecule has 0 saturated heterocycles. The molecule has 4 atom stereocenters. The molecule has 1 amide bonds. The third-order valence-corrected chi connectivity index (χ3v) is 6.22. The lowest BCUT2D eigenvalue weighted by Gasteiger charge is -2.18. The van der Waals surface area contributed by atoms with Crippen molar-refractivity contribution in [3.8, 4) is 0 Å². The van der Waals surface area contributed by atoms with Crippen molar-refractivity contribution in [1.82, 2.24) is 24.8 Å². The second kappa shape index (κ2) is 9.15. The minimum absolute atomic E-state index is 0.179. The van der Waals surface area contributed by atoms with Crippen molar-refractivity contribution in [2.45, 2.75) is 76.2 Å². The average molecular weight is 431 g/mol. The summed E-state index contributed by atoms with van der Waals surface area (Å²) in [5, 5.41) is 28.1. The molecular formula is C20H30N8O3. The van der Waals surface area contributed by atoms with E-state index in [1.807, 2.05) is 6.21 Å². The van der Waals surface area contributed by atoms with Gasteiger partial charge in [-0.1, -0.05) is 26.2 Å². The number of imidazole rings is 1. The number of hydrazone groups is 1. The molecule has 2 aliphatic carbocycles. The average Bonchev–Trinajstić information content (AvgIpc) is 3.31. The fraction of sp³-hybridized carbons (Fsp3) is 0.650. The maximum Gasteiger partial charge on any atom is 0.247 e. The summed E-state index contributed by atoms with van der Waals surface area (Å²) < 4.78 is 1.68. The van der Waals surface area contributed by atoms with Gasteiger partial charge in [-0.3, -0.25) is 4.79 Å². The second-order valence-electron chi connectivity index (χ2n) is 8.36. The summed E-state index contributed by atoms with van der Waals surface area (Å²) >= 11 is 0. The molecule has 2 saturated carbocycles. The Morgan fingerprint density at radius 2 is 2.06 bits per heavy atom. The van der Waals surface area contributed by atoms with Gasteiger partial charge in [-0.05, 0) is 25.2 Å². The number of nitrogens with one attached hydrogen (secondary N) is 2. The number of aliphatic hydroxyl groups is 2. The summed E-state index contributed by atoms with van der Waals surface area (Å²) in [6, 6.07) is -1.07. The molecule has 0 unspecified atom stereocenters. The molecule has 11 heteroatoms. The first-order valence-corrected chi connectivity index (χ1v) is 10.9. The molecule has 6 N–H and O–H groups in total. The van der Waals surface area contributed by atoms with Crippen LogP contribution in [-0.4, -0.2) is 60.1 Å². The van der Waals surface area contributed by atoms with Crippen molar-refractivity contribution in [2.75, 3.05) is 11.2 Å². The van der Waals surface area contributed by atoms with Crippen LogP contribution in [-0.2, 0) is 4.79 Å². The molecule has 0 spiro atoms. The number of rotatable bonds is 6. The van der Waals surface area contributed by atoms with E-state index >= 15 is 0 Å². The number of nitrogen functional groups attached to an aromatic ring is 1. The number of aromatic nitrogens is 4. The van der Waals surface area contributed by atoms with Crippen LogP contribution in [0.3, 0.4) is 0 Å². The van der Waals surface area contributed by atoms with Crippen molar-refractivity contribution in [3.63, 3.8) is 0 Å². The second-order valence-corrected chi connectivity index (χ2v) is 8.36. The number of amides is 1. The van der Waals surface area contributed by atoms with Gasteiger partial charge in [-0.2, -0.15) is 15.1 Å². The van der Waals surface area contributed by atoms with Crippen molar-refractivity contribution >= 4 is 35.1 Å². The fourth-order valence-electron chi connectivity index (χ4n) is 4.45. The Kier molecular flexibility index (Phi) is 6.33. The molecule has 168 valence electrons. The number of carbonyl (C=O) groups is 1. The third-order valence-electron chi connectivity index (χ3n) is 6.22. The molecule has 2 aromatic heterocycles. The van der Waals surface area contributed by atoms with Gasteiger partial charge in [0.15, 0.2) is 11.5 Å². The van der Waals surface area contributed by atoms with Crippen LogP contribution in [0.25, 0.3) is 11.2 Å². The number of anilines is 2. The van der Waals surface area contributed by atoms with Gasteiger partial charge < -0.3 is 25.8 Å². The largest absolute Gasteiger partial charge is 0.388 e. The standard InChI is InChI=1S/C20H30N8O3/c1-2-14(29)24-12-8-13(17(31)16(12)30)28-10-22-15-18(21)25-20(26-19(15)28)27-23-9-11-6-4-3-5-7-11/h9-13,16-17,30-31H,2-8H2,1H3,(H,24,29)(H3,21,25,26,27)/t12-,13+,16+,17-/m0/s1. The molecule has 0 radical (unpaired) electrons.